The van der Waals surface area contributed by atoms with Gasteiger partial charge in [0.05, 0.1) is 10.7 Å². The van der Waals surface area contributed by atoms with Crippen LogP contribution < -0.4 is 5.32 Å². The Kier molecular flexibility index (Phi) is 3.38. The summed E-state index contributed by atoms with van der Waals surface area (Å²) in [5, 5.41) is 4.10. The van der Waals surface area contributed by atoms with Crippen LogP contribution in [0.25, 0.3) is 0 Å². The summed E-state index contributed by atoms with van der Waals surface area (Å²) in [7, 11) is 1.88. The maximum absolute atomic E-state index is 11.9. The van der Waals surface area contributed by atoms with Crippen LogP contribution in [0.2, 0.25) is 0 Å². The molecule has 0 saturated carbocycles. The van der Waals surface area contributed by atoms with Gasteiger partial charge in [-0.2, -0.15) is 0 Å². The van der Waals surface area contributed by atoms with Crippen LogP contribution >= 0.6 is 11.3 Å². The molecular weight excluding hydrogens is 258 g/mol. The van der Waals surface area contributed by atoms with E-state index >= 15 is 0 Å². The van der Waals surface area contributed by atoms with E-state index in [0.717, 1.165) is 17.8 Å². The number of thiazole rings is 1. The number of carbonyl (C=O) groups is 1. The van der Waals surface area contributed by atoms with Gasteiger partial charge in [0.1, 0.15) is 5.69 Å². The number of aryl methyl sites for hydroxylation is 3. The summed E-state index contributed by atoms with van der Waals surface area (Å²) in [6.07, 6.45) is 6.26. The number of hydrogen-bond donors (Lipinski definition) is 1. The second-order valence-corrected chi connectivity index (χ2v) is 6.01. The maximum atomic E-state index is 11.9. The van der Waals surface area contributed by atoms with Gasteiger partial charge in [-0.3, -0.25) is 4.79 Å². The van der Waals surface area contributed by atoms with Crippen LogP contribution in [0.4, 0.5) is 0 Å². The monoisotopic (exact) mass is 275 g/mol. The standard InChI is InChI=1S/C14H17N3OS/c1-17-9-3-5-11(17)14(18)15-8-7-13-16-10-4-2-6-12(10)19-13/h3,5,9H,2,4,6-8H2,1H3,(H,15,18). The highest BCUT2D eigenvalue weighted by Gasteiger charge is 2.16. The number of hydrogen-bond acceptors (Lipinski definition) is 3. The Morgan fingerprint density at radius 1 is 1.53 bits per heavy atom. The Morgan fingerprint density at radius 2 is 2.42 bits per heavy atom. The molecule has 1 N–H and O–H groups in total. The van der Waals surface area contributed by atoms with Crippen molar-refractivity contribution in [2.75, 3.05) is 6.54 Å². The quantitative estimate of drug-likeness (QED) is 0.927. The number of fused-ring (bicyclic) bond motifs is 1. The first kappa shape index (κ1) is 12.4. The van der Waals surface area contributed by atoms with Crippen molar-refractivity contribution in [3.8, 4) is 0 Å². The molecule has 1 amide bonds. The molecule has 3 rings (SSSR count). The van der Waals surface area contributed by atoms with E-state index in [9.17, 15) is 4.79 Å². The molecule has 100 valence electrons. The van der Waals surface area contributed by atoms with Gasteiger partial charge in [0.15, 0.2) is 0 Å². The summed E-state index contributed by atoms with van der Waals surface area (Å²) in [5.74, 6) is -0.0170. The number of nitrogens with zero attached hydrogens (tertiary/aromatic N) is 2. The molecule has 0 aliphatic heterocycles. The van der Waals surface area contributed by atoms with E-state index < -0.39 is 0 Å². The van der Waals surface area contributed by atoms with Crippen LogP contribution in [0.15, 0.2) is 18.3 Å². The average molecular weight is 275 g/mol. The van der Waals surface area contributed by atoms with Gasteiger partial charge < -0.3 is 9.88 Å². The lowest BCUT2D eigenvalue weighted by molar-refractivity contribution is 0.0946. The number of carbonyl (C=O) groups excluding carboxylic acids is 1. The Balaban J connectivity index is 1.53. The summed E-state index contributed by atoms with van der Waals surface area (Å²) in [4.78, 5) is 18.0. The van der Waals surface area contributed by atoms with Crippen LogP contribution in [0, 0.1) is 0 Å². The lowest BCUT2D eigenvalue weighted by atomic mass is 10.3. The lowest BCUT2D eigenvalue weighted by Crippen LogP contribution is -2.27. The van der Waals surface area contributed by atoms with Crippen molar-refractivity contribution < 1.29 is 4.79 Å². The third kappa shape index (κ3) is 2.56. The predicted octanol–water partition coefficient (Wildman–Crippen LogP) is 1.94. The van der Waals surface area contributed by atoms with E-state index in [-0.39, 0.29) is 5.91 Å². The molecule has 2 aromatic heterocycles. The molecule has 2 heterocycles. The van der Waals surface area contributed by atoms with E-state index in [1.54, 1.807) is 11.3 Å². The molecule has 2 aromatic rings. The van der Waals surface area contributed by atoms with Gasteiger partial charge >= 0.3 is 0 Å². The minimum Gasteiger partial charge on any atom is -0.350 e. The first-order valence-electron chi connectivity index (χ1n) is 6.61. The van der Waals surface area contributed by atoms with E-state index in [0.29, 0.717) is 12.2 Å². The van der Waals surface area contributed by atoms with Crippen molar-refractivity contribution in [1.82, 2.24) is 14.9 Å². The molecule has 0 unspecified atom stereocenters. The fourth-order valence-corrected chi connectivity index (χ4v) is 3.58. The average Bonchev–Trinajstić information content (AvgIpc) is 3.03. The second-order valence-electron chi connectivity index (χ2n) is 4.84. The first-order chi connectivity index (χ1) is 9.24. The van der Waals surface area contributed by atoms with Crippen LogP contribution in [-0.4, -0.2) is 22.0 Å². The molecule has 0 saturated heterocycles. The molecule has 1 aliphatic rings. The second kappa shape index (κ2) is 5.17. The molecule has 0 bridgehead atoms. The van der Waals surface area contributed by atoms with Crippen molar-refractivity contribution in [3.05, 3.63) is 39.6 Å². The van der Waals surface area contributed by atoms with Crippen molar-refractivity contribution in [2.45, 2.75) is 25.7 Å². The number of rotatable bonds is 4. The Bertz CT molecular complexity index is 578. The highest BCUT2D eigenvalue weighted by atomic mass is 32.1. The Labute approximate surface area is 116 Å². The van der Waals surface area contributed by atoms with Crippen LogP contribution in [0.1, 0.15) is 32.5 Å². The smallest absolute Gasteiger partial charge is 0.267 e. The van der Waals surface area contributed by atoms with Crippen LogP contribution in [0.5, 0.6) is 0 Å². The fourth-order valence-electron chi connectivity index (χ4n) is 2.42. The molecule has 19 heavy (non-hydrogen) atoms. The summed E-state index contributed by atoms with van der Waals surface area (Å²) < 4.78 is 1.83. The van der Waals surface area contributed by atoms with Crippen molar-refractivity contribution in [1.29, 1.82) is 0 Å². The third-order valence-corrected chi connectivity index (χ3v) is 4.66. The molecule has 4 nitrogen and oxygen atoms in total. The van der Waals surface area contributed by atoms with E-state index in [1.807, 2.05) is 29.9 Å². The van der Waals surface area contributed by atoms with Gasteiger partial charge in [-0.1, -0.05) is 0 Å². The zero-order chi connectivity index (χ0) is 13.2. The molecule has 0 atom stereocenters. The van der Waals surface area contributed by atoms with Gasteiger partial charge in [0, 0.05) is 31.1 Å². The Hall–Kier alpha value is -1.62. The zero-order valence-electron chi connectivity index (χ0n) is 11.0. The predicted molar refractivity (Wildman–Crippen MR) is 75.6 cm³/mol. The lowest BCUT2D eigenvalue weighted by Gasteiger charge is -2.04. The molecular formula is C14H17N3OS. The SMILES string of the molecule is Cn1cccc1C(=O)NCCc1nc2c(s1)CCC2. The minimum absolute atomic E-state index is 0.0170. The molecule has 1 aliphatic carbocycles. The molecule has 0 spiro atoms. The van der Waals surface area contributed by atoms with Gasteiger partial charge in [-0.15, -0.1) is 11.3 Å². The van der Waals surface area contributed by atoms with Crippen LogP contribution in [-0.2, 0) is 26.3 Å². The normalized spacial score (nSPS) is 13.5. The summed E-state index contributed by atoms with van der Waals surface area (Å²) >= 11 is 1.81. The summed E-state index contributed by atoms with van der Waals surface area (Å²) in [6, 6.07) is 3.70. The molecule has 0 fully saturated rings. The van der Waals surface area contributed by atoms with Crippen LogP contribution in [0.3, 0.4) is 0 Å². The number of amides is 1. The highest BCUT2D eigenvalue weighted by molar-refractivity contribution is 7.11. The third-order valence-electron chi connectivity index (χ3n) is 3.44. The molecule has 0 aromatic carbocycles. The Morgan fingerprint density at radius 3 is 3.16 bits per heavy atom. The highest BCUT2D eigenvalue weighted by Crippen LogP contribution is 2.27. The number of aromatic nitrogens is 2. The van der Waals surface area contributed by atoms with Crippen molar-refractivity contribution in [2.24, 2.45) is 7.05 Å². The van der Waals surface area contributed by atoms with E-state index in [1.165, 1.54) is 23.4 Å². The van der Waals surface area contributed by atoms with E-state index in [2.05, 4.69) is 10.3 Å². The zero-order valence-corrected chi connectivity index (χ0v) is 11.8. The van der Waals surface area contributed by atoms with Crippen molar-refractivity contribution >= 4 is 17.2 Å². The first-order valence-corrected chi connectivity index (χ1v) is 7.42. The number of nitrogens with one attached hydrogen (secondary N) is 1. The van der Waals surface area contributed by atoms with Gasteiger partial charge in [0.2, 0.25) is 0 Å². The summed E-state index contributed by atoms with van der Waals surface area (Å²) in [5.41, 5.74) is 1.98. The fraction of sp³-hybridized carbons (Fsp3) is 0.429. The largest absolute Gasteiger partial charge is 0.350 e. The van der Waals surface area contributed by atoms with Gasteiger partial charge in [-0.25, -0.2) is 4.98 Å². The van der Waals surface area contributed by atoms with Gasteiger partial charge in [0.25, 0.3) is 5.91 Å². The summed E-state index contributed by atoms with van der Waals surface area (Å²) in [6.45, 7) is 0.649. The topological polar surface area (TPSA) is 46.9 Å². The maximum Gasteiger partial charge on any atom is 0.267 e. The minimum atomic E-state index is -0.0170. The van der Waals surface area contributed by atoms with Gasteiger partial charge in [-0.05, 0) is 31.4 Å². The van der Waals surface area contributed by atoms with Crippen molar-refractivity contribution in [3.63, 3.8) is 0 Å². The molecule has 0 radical (unpaired) electrons. The molecule has 5 heteroatoms. The van der Waals surface area contributed by atoms with E-state index in [4.69, 9.17) is 0 Å².